The first-order valence-electron chi connectivity index (χ1n) is 9.30. The predicted octanol–water partition coefficient (Wildman–Crippen LogP) is 3.50. The minimum Gasteiger partial charge on any atom is -0.464 e. The van der Waals surface area contributed by atoms with Gasteiger partial charge in [0.25, 0.3) is 5.91 Å². The van der Waals surface area contributed by atoms with Crippen LogP contribution in [-0.4, -0.2) is 20.9 Å². The number of benzene rings is 2. The maximum absolute atomic E-state index is 12.7. The quantitative estimate of drug-likeness (QED) is 0.620. The number of primary sulfonamides is 1. The molecule has 6 nitrogen and oxygen atoms in total. The lowest BCUT2D eigenvalue weighted by Crippen LogP contribution is -2.28. The van der Waals surface area contributed by atoms with Gasteiger partial charge in [0.1, 0.15) is 22.0 Å². The average molecular weight is 413 g/mol. The zero-order valence-electron chi connectivity index (χ0n) is 16.4. The summed E-state index contributed by atoms with van der Waals surface area (Å²) >= 11 is 0. The molecule has 1 amide bonds. The van der Waals surface area contributed by atoms with Crippen LogP contribution in [0.25, 0.3) is 0 Å². The minimum absolute atomic E-state index is 0.0269. The van der Waals surface area contributed by atoms with Gasteiger partial charge in [-0.05, 0) is 31.4 Å². The van der Waals surface area contributed by atoms with Crippen LogP contribution < -0.4 is 10.5 Å². The Labute approximate surface area is 170 Å². The summed E-state index contributed by atoms with van der Waals surface area (Å²) in [4.78, 5) is 12.5. The van der Waals surface area contributed by atoms with Gasteiger partial charge >= 0.3 is 0 Å². The molecule has 0 saturated heterocycles. The van der Waals surface area contributed by atoms with Crippen molar-refractivity contribution in [2.45, 2.75) is 31.1 Å². The molecule has 7 heteroatoms. The highest BCUT2D eigenvalue weighted by molar-refractivity contribution is 7.89. The lowest BCUT2D eigenvalue weighted by molar-refractivity contribution is 0.0948. The van der Waals surface area contributed by atoms with Gasteiger partial charge in [-0.25, -0.2) is 13.6 Å². The Bertz CT molecular complexity index is 1050. The van der Waals surface area contributed by atoms with E-state index >= 15 is 0 Å². The van der Waals surface area contributed by atoms with Gasteiger partial charge in [0.2, 0.25) is 10.0 Å². The topological polar surface area (TPSA) is 102 Å². The number of rotatable bonds is 7. The summed E-state index contributed by atoms with van der Waals surface area (Å²) in [6.07, 6.45) is 0.653. The van der Waals surface area contributed by atoms with Crippen LogP contribution >= 0.6 is 0 Å². The highest BCUT2D eigenvalue weighted by Gasteiger charge is 2.28. The van der Waals surface area contributed by atoms with Crippen molar-refractivity contribution < 1.29 is 17.6 Å². The minimum atomic E-state index is -4.07. The van der Waals surface area contributed by atoms with Crippen LogP contribution in [0.4, 0.5) is 0 Å². The van der Waals surface area contributed by atoms with Crippen molar-refractivity contribution in [3.8, 4) is 0 Å². The van der Waals surface area contributed by atoms with E-state index in [0.29, 0.717) is 13.0 Å². The molecular formula is C22H24N2O4S. The molecule has 3 rings (SSSR count). The first kappa shape index (κ1) is 20.8. The summed E-state index contributed by atoms with van der Waals surface area (Å²) in [6, 6.07) is 20.1. The highest BCUT2D eigenvalue weighted by atomic mass is 32.2. The molecule has 0 aliphatic heterocycles. The zero-order chi connectivity index (χ0) is 21.0. The first-order chi connectivity index (χ1) is 13.8. The first-order valence-corrected chi connectivity index (χ1v) is 10.8. The molecule has 3 N–H and O–H groups in total. The second kappa shape index (κ2) is 8.63. The molecule has 0 aliphatic rings. The van der Waals surface area contributed by atoms with Crippen LogP contribution in [0.3, 0.4) is 0 Å². The Hall–Kier alpha value is -2.90. The number of amides is 1. The maximum atomic E-state index is 12.7. The number of hydrogen-bond acceptors (Lipinski definition) is 4. The lowest BCUT2D eigenvalue weighted by Gasteiger charge is -2.18. The molecule has 0 aliphatic carbocycles. The van der Waals surface area contributed by atoms with Crippen molar-refractivity contribution in [3.63, 3.8) is 0 Å². The number of sulfonamides is 1. The fourth-order valence-corrected chi connectivity index (χ4v) is 4.55. The molecule has 1 aromatic heterocycles. The smallest absolute Gasteiger partial charge is 0.256 e. The summed E-state index contributed by atoms with van der Waals surface area (Å²) < 4.78 is 29.1. The summed E-state index contributed by atoms with van der Waals surface area (Å²) in [5.74, 6) is -0.0702. The molecular weight excluding hydrogens is 388 g/mol. The third-order valence-corrected chi connectivity index (χ3v) is 5.90. The maximum Gasteiger partial charge on any atom is 0.256 e. The van der Waals surface area contributed by atoms with Crippen LogP contribution in [0.1, 0.15) is 45.3 Å². The van der Waals surface area contributed by atoms with E-state index in [1.54, 1.807) is 6.92 Å². The Kier molecular flexibility index (Phi) is 6.20. The Balaban J connectivity index is 1.78. The molecule has 3 aromatic rings. The van der Waals surface area contributed by atoms with E-state index in [1.807, 2.05) is 36.4 Å². The van der Waals surface area contributed by atoms with E-state index in [1.165, 1.54) is 6.92 Å². The third-order valence-electron chi connectivity index (χ3n) is 4.84. The van der Waals surface area contributed by atoms with Crippen LogP contribution in [-0.2, 0) is 10.0 Å². The standard InChI is InChI=1S/C22H24N2O4S/c1-15-20(21(16(2)28-15)29(23,26)27)22(25)24-14-13-19(17-9-5-3-6-10-17)18-11-7-4-8-12-18/h3-12,19H,13-14H2,1-2H3,(H,24,25)(H2,23,26,27). The van der Waals surface area contributed by atoms with Gasteiger partial charge in [-0.1, -0.05) is 60.7 Å². The molecule has 0 radical (unpaired) electrons. The van der Waals surface area contributed by atoms with Crippen molar-refractivity contribution in [3.05, 3.63) is 88.9 Å². The average Bonchev–Trinajstić information content (AvgIpc) is 3.00. The molecule has 0 bridgehead atoms. The van der Waals surface area contributed by atoms with Gasteiger partial charge < -0.3 is 9.73 Å². The van der Waals surface area contributed by atoms with Gasteiger partial charge in [-0.2, -0.15) is 0 Å². The molecule has 0 unspecified atom stereocenters. The van der Waals surface area contributed by atoms with Gasteiger partial charge in [-0.3, -0.25) is 4.79 Å². The van der Waals surface area contributed by atoms with E-state index in [-0.39, 0.29) is 27.9 Å². The zero-order valence-corrected chi connectivity index (χ0v) is 17.2. The molecule has 152 valence electrons. The number of nitrogens with two attached hydrogens (primary N) is 1. The second-order valence-corrected chi connectivity index (χ2v) is 8.38. The van der Waals surface area contributed by atoms with Crippen LogP contribution in [0.15, 0.2) is 70.0 Å². The largest absolute Gasteiger partial charge is 0.464 e. The summed E-state index contributed by atoms with van der Waals surface area (Å²) in [6.45, 7) is 3.39. The van der Waals surface area contributed by atoms with E-state index in [4.69, 9.17) is 9.56 Å². The van der Waals surface area contributed by atoms with Crippen molar-refractivity contribution in [1.29, 1.82) is 0 Å². The van der Waals surface area contributed by atoms with Gasteiger partial charge in [0.15, 0.2) is 0 Å². The Morgan fingerprint density at radius 1 is 0.966 bits per heavy atom. The fraction of sp³-hybridized carbons (Fsp3) is 0.227. The van der Waals surface area contributed by atoms with Gasteiger partial charge in [-0.15, -0.1) is 0 Å². The number of nitrogens with one attached hydrogen (secondary N) is 1. The predicted molar refractivity (Wildman–Crippen MR) is 111 cm³/mol. The Morgan fingerprint density at radius 2 is 1.48 bits per heavy atom. The van der Waals surface area contributed by atoms with Crippen molar-refractivity contribution >= 4 is 15.9 Å². The van der Waals surface area contributed by atoms with Gasteiger partial charge in [0.05, 0.1) is 0 Å². The third kappa shape index (κ3) is 4.75. The SMILES string of the molecule is Cc1oc(C)c(S(N)(=O)=O)c1C(=O)NCCC(c1ccccc1)c1ccccc1. The summed E-state index contributed by atoms with van der Waals surface area (Å²) in [7, 11) is -4.07. The van der Waals surface area contributed by atoms with E-state index in [2.05, 4.69) is 29.6 Å². The lowest BCUT2D eigenvalue weighted by atomic mass is 9.88. The molecule has 29 heavy (non-hydrogen) atoms. The fourth-order valence-electron chi connectivity index (χ4n) is 3.58. The van der Waals surface area contributed by atoms with Crippen LogP contribution in [0.2, 0.25) is 0 Å². The molecule has 0 spiro atoms. The van der Waals surface area contributed by atoms with Crippen molar-refractivity contribution in [1.82, 2.24) is 5.32 Å². The number of carbonyl (C=O) groups is 1. The van der Waals surface area contributed by atoms with Crippen molar-refractivity contribution in [2.24, 2.45) is 5.14 Å². The normalized spacial score (nSPS) is 11.6. The monoisotopic (exact) mass is 412 g/mol. The molecule has 1 heterocycles. The molecule has 0 atom stereocenters. The Morgan fingerprint density at radius 3 is 1.97 bits per heavy atom. The summed E-state index contributed by atoms with van der Waals surface area (Å²) in [5, 5.41) is 8.09. The number of carbonyl (C=O) groups excluding carboxylic acids is 1. The van der Waals surface area contributed by atoms with E-state index in [9.17, 15) is 13.2 Å². The van der Waals surface area contributed by atoms with E-state index < -0.39 is 15.9 Å². The summed E-state index contributed by atoms with van der Waals surface area (Å²) in [5.41, 5.74) is 2.27. The highest BCUT2D eigenvalue weighted by Crippen LogP contribution is 2.28. The molecule has 2 aromatic carbocycles. The van der Waals surface area contributed by atoms with E-state index in [0.717, 1.165) is 11.1 Å². The second-order valence-electron chi connectivity index (χ2n) is 6.88. The van der Waals surface area contributed by atoms with Crippen molar-refractivity contribution in [2.75, 3.05) is 6.54 Å². The van der Waals surface area contributed by atoms with Gasteiger partial charge in [0, 0.05) is 12.5 Å². The molecule has 0 fully saturated rings. The van der Waals surface area contributed by atoms with Crippen LogP contribution in [0, 0.1) is 13.8 Å². The number of hydrogen-bond donors (Lipinski definition) is 2. The number of aryl methyl sites for hydroxylation is 2. The van der Waals surface area contributed by atoms with Crippen LogP contribution in [0.5, 0.6) is 0 Å². The number of furan rings is 1. The molecule has 0 saturated carbocycles.